The predicted octanol–water partition coefficient (Wildman–Crippen LogP) is 5.48. The maximum atomic E-state index is 14.0. The number of halogens is 1. The number of amides is 1. The molecule has 0 aliphatic rings. The summed E-state index contributed by atoms with van der Waals surface area (Å²) in [6.07, 6.45) is 2.40. The molecule has 1 amide bonds. The van der Waals surface area contributed by atoms with Crippen LogP contribution < -0.4 is 5.32 Å². The highest BCUT2D eigenvalue weighted by Gasteiger charge is 2.24. The summed E-state index contributed by atoms with van der Waals surface area (Å²) in [5, 5.41) is 4.21. The summed E-state index contributed by atoms with van der Waals surface area (Å²) in [5.41, 5.74) is 3.03. The number of rotatable bonds is 7. The average Bonchev–Trinajstić information content (AvgIpc) is 3.04. The first-order chi connectivity index (χ1) is 13.4. The minimum absolute atomic E-state index is 0.0104. The van der Waals surface area contributed by atoms with Crippen LogP contribution in [-0.4, -0.2) is 16.5 Å². The number of benzene rings is 2. The zero-order chi connectivity index (χ0) is 20.3. The number of carbonyl (C=O) groups is 1. The Labute approximate surface area is 166 Å². The molecule has 28 heavy (non-hydrogen) atoms. The lowest BCUT2D eigenvalue weighted by Crippen LogP contribution is -2.36. The third kappa shape index (κ3) is 4.27. The van der Waals surface area contributed by atoms with Gasteiger partial charge in [0, 0.05) is 42.0 Å². The summed E-state index contributed by atoms with van der Waals surface area (Å²) >= 11 is 0. The molecule has 0 bridgehead atoms. The van der Waals surface area contributed by atoms with E-state index in [1.165, 1.54) is 6.07 Å². The minimum Gasteiger partial charge on any atom is -0.353 e. The highest BCUT2D eigenvalue weighted by Crippen LogP contribution is 2.35. The first kappa shape index (κ1) is 20.1. The number of carbonyl (C=O) groups excluding carboxylic acids is 1. The van der Waals surface area contributed by atoms with Crippen molar-refractivity contribution >= 4 is 16.8 Å². The topological polar surface area (TPSA) is 34.0 Å². The van der Waals surface area contributed by atoms with Crippen molar-refractivity contribution in [3.05, 3.63) is 71.7 Å². The van der Waals surface area contributed by atoms with Crippen molar-refractivity contribution in [2.45, 2.75) is 52.6 Å². The molecule has 0 saturated heterocycles. The quantitative estimate of drug-likeness (QED) is 0.578. The molecule has 3 rings (SSSR count). The highest BCUT2D eigenvalue weighted by atomic mass is 19.1. The molecule has 3 nitrogen and oxygen atoms in total. The van der Waals surface area contributed by atoms with E-state index in [1.807, 2.05) is 25.1 Å². The van der Waals surface area contributed by atoms with E-state index < -0.39 is 0 Å². The number of nitrogens with zero attached hydrogens (tertiary/aromatic N) is 1. The Balaban J connectivity index is 2.04. The van der Waals surface area contributed by atoms with Gasteiger partial charge in [0.1, 0.15) is 5.82 Å². The molecule has 1 heterocycles. The van der Waals surface area contributed by atoms with E-state index >= 15 is 0 Å². The molecule has 148 valence electrons. The third-order valence-corrected chi connectivity index (χ3v) is 5.56. The van der Waals surface area contributed by atoms with Crippen molar-refractivity contribution in [3.63, 3.8) is 0 Å². The fourth-order valence-electron chi connectivity index (χ4n) is 3.61. The average molecular weight is 381 g/mol. The van der Waals surface area contributed by atoms with Crippen LogP contribution in [-0.2, 0) is 11.3 Å². The van der Waals surface area contributed by atoms with E-state index in [1.54, 1.807) is 12.1 Å². The van der Waals surface area contributed by atoms with Crippen LogP contribution in [0.15, 0.2) is 54.7 Å². The fourth-order valence-corrected chi connectivity index (χ4v) is 3.61. The van der Waals surface area contributed by atoms with Crippen LogP contribution in [0.5, 0.6) is 0 Å². The molecule has 4 heteroatoms. The summed E-state index contributed by atoms with van der Waals surface area (Å²) in [5.74, 6) is -0.132. The number of aryl methyl sites for hydroxylation is 1. The van der Waals surface area contributed by atoms with E-state index in [0.29, 0.717) is 5.92 Å². The van der Waals surface area contributed by atoms with Gasteiger partial charge in [0.2, 0.25) is 5.91 Å². The molecule has 0 unspecified atom stereocenters. The van der Waals surface area contributed by atoms with Gasteiger partial charge in [-0.25, -0.2) is 4.39 Å². The van der Waals surface area contributed by atoms with E-state index in [0.717, 1.165) is 28.6 Å². The molecular formula is C24H29FN2O. The van der Waals surface area contributed by atoms with Crippen molar-refractivity contribution < 1.29 is 9.18 Å². The standard InChI is InChI=1S/C24H29FN2O/c1-5-27-15-22(20-11-6-7-12-23(20)27)21(18-9-8-10-19(25)13-18)14-24(28)26-17(4)16(2)3/h6-13,15-17,21H,5,14H2,1-4H3,(H,26,28)/t17-,21-/m1/s1. The lowest BCUT2D eigenvalue weighted by molar-refractivity contribution is -0.122. The van der Waals surface area contributed by atoms with E-state index in [-0.39, 0.29) is 30.1 Å². The van der Waals surface area contributed by atoms with Crippen LogP contribution in [0.2, 0.25) is 0 Å². The lowest BCUT2D eigenvalue weighted by atomic mass is 9.87. The molecule has 3 aromatic rings. The second-order valence-electron chi connectivity index (χ2n) is 7.80. The van der Waals surface area contributed by atoms with Crippen molar-refractivity contribution in [1.29, 1.82) is 0 Å². The number of aromatic nitrogens is 1. The zero-order valence-corrected chi connectivity index (χ0v) is 17.1. The molecule has 1 N–H and O–H groups in total. The SMILES string of the molecule is CCn1cc([C@H](CC(=O)N[C@H](C)C(C)C)c2cccc(F)c2)c2ccccc21. The summed E-state index contributed by atoms with van der Waals surface area (Å²) in [7, 11) is 0. The van der Waals surface area contributed by atoms with Crippen LogP contribution in [0.25, 0.3) is 10.9 Å². The molecule has 2 aromatic carbocycles. The molecule has 1 aromatic heterocycles. The van der Waals surface area contributed by atoms with Crippen molar-refractivity contribution in [2.75, 3.05) is 0 Å². The number of hydrogen-bond acceptors (Lipinski definition) is 1. The number of fused-ring (bicyclic) bond motifs is 1. The van der Waals surface area contributed by atoms with Gasteiger partial charge in [0.25, 0.3) is 0 Å². The van der Waals surface area contributed by atoms with E-state index in [4.69, 9.17) is 0 Å². The van der Waals surface area contributed by atoms with Gasteiger partial charge in [-0.3, -0.25) is 4.79 Å². The van der Waals surface area contributed by atoms with Crippen molar-refractivity contribution in [2.24, 2.45) is 5.92 Å². The summed E-state index contributed by atoms with van der Waals surface area (Å²) in [6, 6.07) is 14.9. The largest absolute Gasteiger partial charge is 0.353 e. The second kappa shape index (κ2) is 8.59. The number of nitrogens with one attached hydrogen (secondary N) is 1. The van der Waals surface area contributed by atoms with Gasteiger partial charge >= 0.3 is 0 Å². The van der Waals surface area contributed by atoms with Crippen molar-refractivity contribution in [3.8, 4) is 0 Å². The maximum Gasteiger partial charge on any atom is 0.221 e. The molecular weight excluding hydrogens is 351 g/mol. The summed E-state index contributed by atoms with van der Waals surface area (Å²) < 4.78 is 16.2. The monoisotopic (exact) mass is 380 g/mol. The number of para-hydroxylation sites is 1. The Morgan fingerprint density at radius 2 is 1.86 bits per heavy atom. The highest BCUT2D eigenvalue weighted by molar-refractivity contribution is 5.86. The second-order valence-corrected chi connectivity index (χ2v) is 7.80. The first-order valence-corrected chi connectivity index (χ1v) is 10.0. The lowest BCUT2D eigenvalue weighted by Gasteiger charge is -2.21. The van der Waals surface area contributed by atoms with Gasteiger partial charge in [-0.05, 0) is 49.1 Å². The van der Waals surface area contributed by atoms with Crippen LogP contribution in [0.1, 0.15) is 51.2 Å². The van der Waals surface area contributed by atoms with Gasteiger partial charge in [0.15, 0.2) is 0 Å². The van der Waals surface area contributed by atoms with Crippen LogP contribution in [0, 0.1) is 11.7 Å². The Morgan fingerprint density at radius 3 is 2.54 bits per heavy atom. The van der Waals surface area contributed by atoms with Gasteiger partial charge < -0.3 is 9.88 Å². The molecule has 2 atom stereocenters. The predicted molar refractivity (Wildman–Crippen MR) is 113 cm³/mol. The molecule has 0 radical (unpaired) electrons. The third-order valence-electron chi connectivity index (χ3n) is 5.56. The van der Waals surface area contributed by atoms with Gasteiger partial charge in [-0.1, -0.05) is 44.2 Å². The molecule has 0 fully saturated rings. The van der Waals surface area contributed by atoms with Crippen LogP contribution in [0.3, 0.4) is 0 Å². The van der Waals surface area contributed by atoms with Gasteiger partial charge in [-0.2, -0.15) is 0 Å². The Bertz CT molecular complexity index is 960. The van der Waals surface area contributed by atoms with Gasteiger partial charge in [0.05, 0.1) is 0 Å². The van der Waals surface area contributed by atoms with Crippen molar-refractivity contribution in [1.82, 2.24) is 9.88 Å². The fraction of sp³-hybridized carbons (Fsp3) is 0.375. The molecule has 0 aliphatic carbocycles. The van der Waals surface area contributed by atoms with E-state index in [2.05, 4.69) is 49.0 Å². The minimum atomic E-state index is -0.280. The summed E-state index contributed by atoms with van der Waals surface area (Å²) in [4.78, 5) is 12.8. The Kier molecular flexibility index (Phi) is 6.18. The Morgan fingerprint density at radius 1 is 1.11 bits per heavy atom. The summed E-state index contributed by atoms with van der Waals surface area (Å²) in [6.45, 7) is 9.13. The van der Waals surface area contributed by atoms with Gasteiger partial charge in [-0.15, -0.1) is 0 Å². The van der Waals surface area contributed by atoms with Crippen LogP contribution in [0.4, 0.5) is 4.39 Å². The molecule has 0 aliphatic heterocycles. The molecule has 0 saturated carbocycles. The zero-order valence-electron chi connectivity index (χ0n) is 17.1. The number of hydrogen-bond donors (Lipinski definition) is 1. The normalized spacial score (nSPS) is 13.6. The maximum absolute atomic E-state index is 14.0. The van der Waals surface area contributed by atoms with E-state index in [9.17, 15) is 9.18 Å². The Hall–Kier alpha value is -2.62. The first-order valence-electron chi connectivity index (χ1n) is 10.0. The smallest absolute Gasteiger partial charge is 0.221 e. The van der Waals surface area contributed by atoms with Crippen LogP contribution >= 0.6 is 0 Å². The molecule has 0 spiro atoms.